The molecule has 4 heteroatoms. The molecule has 1 aromatic rings. The fourth-order valence-electron chi connectivity index (χ4n) is 2.95. The van der Waals surface area contributed by atoms with Gasteiger partial charge in [0.15, 0.2) is 0 Å². The van der Waals surface area contributed by atoms with Crippen molar-refractivity contribution < 1.29 is 15.0 Å². The summed E-state index contributed by atoms with van der Waals surface area (Å²) >= 11 is 0. The second kappa shape index (κ2) is 6.17. The van der Waals surface area contributed by atoms with Gasteiger partial charge in [-0.25, -0.2) is 0 Å². The molecule has 0 bridgehead atoms. The maximum absolute atomic E-state index is 11.6. The van der Waals surface area contributed by atoms with E-state index in [0.717, 1.165) is 31.2 Å². The van der Waals surface area contributed by atoms with Crippen molar-refractivity contribution in [2.75, 3.05) is 7.05 Å². The van der Waals surface area contributed by atoms with E-state index in [9.17, 15) is 15.0 Å². The summed E-state index contributed by atoms with van der Waals surface area (Å²) in [6.07, 6.45) is 3.26. The van der Waals surface area contributed by atoms with Gasteiger partial charge in [-0.2, -0.15) is 0 Å². The van der Waals surface area contributed by atoms with Gasteiger partial charge in [0.1, 0.15) is 6.04 Å². The highest BCUT2D eigenvalue weighted by Crippen LogP contribution is 2.29. The van der Waals surface area contributed by atoms with E-state index in [1.807, 2.05) is 35.2 Å². The van der Waals surface area contributed by atoms with Gasteiger partial charge in [-0.1, -0.05) is 43.2 Å². The Labute approximate surface area is 113 Å². The lowest BCUT2D eigenvalue weighted by molar-refractivity contribution is -0.145. The van der Waals surface area contributed by atoms with Crippen LogP contribution in [-0.4, -0.2) is 40.3 Å². The van der Waals surface area contributed by atoms with Crippen molar-refractivity contribution in [1.82, 2.24) is 4.90 Å². The Kier molecular flexibility index (Phi) is 4.56. The number of nitrogens with zero attached hydrogens (tertiary/aromatic N) is 1. The summed E-state index contributed by atoms with van der Waals surface area (Å²) in [6, 6.07) is 8.44. The fraction of sp³-hybridized carbons (Fsp3) is 0.533. The molecule has 4 nitrogen and oxygen atoms in total. The first-order valence-electron chi connectivity index (χ1n) is 6.79. The molecule has 2 N–H and O–H groups in total. The molecule has 0 heterocycles. The summed E-state index contributed by atoms with van der Waals surface area (Å²) < 4.78 is 0. The minimum Gasteiger partial charge on any atom is -0.480 e. The molecule has 19 heavy (non-hydrogen) atoms. The standard InChI is InChI=1S/C15H21NO3/c1-16(12-9-5-6-10-13(12)17)14(15(18)19)11-7-3-2-4-8-11/h2-4,7-8,12-14,17H,5-6,9-10H2,1H3,(H,18,19). The highest BCUT2D eigenvalue weighted by atomic mass is 16.4. The van der Waals surface area contributed by atoms with Crippen molar-refractivity contribution in [1.29, 1.82) is 0 Å². The van der Waals surface area contributed by atoms with Gasteiger partial charge in [-0.3, -0.25) is 9.69 Å². The molecule has 3 atom stereocenters. The van der Waals surface area contributed by atoms with Crippen LogP contribution in [0.3, 0.4) is 0 Å². The highest BCUT2D eigenvalue weighted by molar-refractivity contribution is 5.75. The van der Waals surface area contributed by atoms with Crippen LogP contribution >= 0.6 is 0 Å². The number of aliphatic hydroxyl groups excluding tert-OH is 1. The quantitative estimate of drug-likeness (QED) is 0.872. The Morgan fingerprint density at radius 2 is 1.89 bits per heavy atom. The highest BCUT2D eigenvalue weighted by Gasteiger charge is 2.34. The van der Waals surface area contributed by atoms with Crippen molar-refractivity contribution in [2.24, 2.45) is 0 Å². The van der Waals surface area contributed by atoms with Gasteiger partial charge >= 0.3 is 5.97 Å². The lowest BCUT2D eigenvalue weighted by Crippen LogP contribution is -2.47. The Morgan fingerprint density at radius 1 is 1.26 bits per heavy atom. The Balaban J connectivity index is 2.21. The van der Waals surface area contributed by atoms with Gasteiger partial charge < -0.3 is 10.2 Å². The van der Waals surface area contributed by atoms with Gasteiger partial charge in [-0.15, -0.1) is 0 Å². The van der Waals surface area contributed by atoms with E-state index in [0.29, 0.717) is 0 Å². The van der Waals surface area contributed by atoms with E-state index < -0.39 is 18.1 Å². The van der Waals surface area contributed by atoms with Crippen molar-refractivity contribution >= 4 is 5.97 Å². The summed E-state index contributed by atoms with van der Waals surface area (Å²) in [6.45, 7) is 0. The van der Waals surface area contributed by atoms with E-state index in [4.69, 9.17) is 0 Å². The van der Waals surface area contributed by atoms with E-state index in [1.54, 1.807) is 7.05 Å². The predicted octanol–water partition coefficient (Wildman–Crippen LogP) is 2.05. The third-order valence-corrected chi connectivity index (χ3v) is 3.97. The zero-order valence-electron chi connectivity index (χ0n) is 11.2. The van der Waals surface area contributed by atoms with Gasteiger partial charge in [-0.05, 0) is 25.5 Å². The van der Waals surface area contributed by atoms with Crippen LogP contribution < -0.4 is 0 Å². The average Bonchev–Trinajstić information content (AvgIpc) is 2.40. The minimum atomic E-state index is -0.869. The molecule has 3 unspecified atom stereocenters. The zero-order valence-corrected chi connectivity index (χ0v) is 11.2. The molecule has 0 aromatic heterocycles. The lowest BCUT2D eigenvalue weighted by Gasteiger charge is -2.38. The Hall–Kier alpha value is -1.39. The number of hydrogen-bond acceptors (Lipinski definition) is 3. The Bertz CT molecular complexity index is 421. The molecule has 1 aliphatic rings. The van der Waals surface area contributed by atoms with E-state index >= 15 is 0 Å². The fourth-order valence-corrected chi connectivity index (χ4v) is 2.95. The monoisotopic (exact) mass is 263 g/mol. The van der Waals surface area contributed by atoms with E-state index in [-0.39, 0.29) is 6.04 Å². The van der Waals surface area contributed by atoms with Gasteiger partial charge in [0, 0.05) is 6.04 Å². The molecule has 2 rings (SSSR count). The van der Waals surface area contributed by atoms with Crippen LogP contribution in [0.2, 0.25) is 0 Å². The second-order valence-corrected chi connectivity index (χ2v) is 5.24. The number of carboxylic acids is 1. The number of carbonyl (C=O) groups is 1. The van der Waals surface area contributed by atoms with Crippen LogP contribution in [0, 0.1) is 0 Å². The van der Waals surface area contributed by atoms with Crippen LogP contribution in [-0.2, 0) is 4.79 Å². The summed E-state index contributed by atoms with van der Waals surface area (Å²) in [7, 11) is 1.80. The van der Waals surface area contributed by atoms with Crippen molar-refractivity contribution in [3.8, 4) is 0 Å². The molecule has 0 amide bonds. The number of carboxylic acid groups (broad SMARTS) is 1. The number of aliphatic hydroxyl groups is 1. The summed E-state index contributed by atoms with van der Waals surface area (Å²) in [4.78, 5) is 13.4. The first-order chi connectivity index (χ1) is 9.11. The number of aliphatic carboxylic acids is 1. The molecule has 0 radical (unpaired) electrons. The average molecular weight is 263 g/mol. The van der Waals surface area contributed by atoms with E-state index in [2.05, 4.69) is 0 Å². The normalized spacial score (nSPS) is 25.2. The van der Waals surface area contributed by atoms with Crippen LogP contribution in [0.4, 0.5) is 0 Å². The lowest BCUT2D eigenvalue weighted by atomic mass is 9.90. The van der Waals surface area contributed by atoms with Crippen molar-refractivity contribution in [3.63, 3.8) is 0 Å². The number of hydrogen-bond donors (Lipinski definition) is 2. The molecule has 1 aliphatic carbocycles. The van der Waals surface area contributed by atoms with Crippen LogP contribution in [0.5, 0.6) is 0 Å². The topological polar surface area (TPSA) is 60.8 Å². The molecular weight excluding hydrogens is 242 g/mol. The Morgan fingerprint density at radius 3 is 2.47 bits per heavy atom. The molecule has 0 aliphatic heterocycles. The number of benzene rings is 1. The van der Waals surface area contributed by atoms with Crippen molar-refractivity contribution in [2.45, 2.75) is 43.9 Å². The third-order valence-electron chi connectivity index (χ3n) is 3.97. The molecule has 1 aromatic carbocycles. The van der Waals surface area contributed by atoms with Gasteiger partial charge in [0.2, 0.25) is 0 Å². The maximum Gasteiger partial charge on any atom is 0.325 e. The maximum atomic E-state index is 11.6. The SMILES string of the molecule is CN(C(C(=O)O)c1ccccc1)C1CCCCC1O. The number of rotatable bonds is 4. The summed E-state index contributed by atoms with van der Waals surface area (Å²) in [5.74, 6) is -0.869. The second-order valence-electron chi connectivity index (χ2n) is 5.24. The van der Waals surface area contributed by atoms with Gasteiger partial charge in [0.25, 0.3) is 0 Å². The first kappa shape index (κ1) is 14.0. The van der Waals surface area contributed by atoms with Crippen molar-refractivity contribution in [3.05, 3.63) is 35.9 Å². The smallest absolute Gasteiger partial charge is 0.325 e. The molecule has 1 fully saturated rings. The predicted molar refractivity (Wildman–Crippen MR) is 72.8 cm³/mol. The van der Waals surface area contributed by atoms with E-state index in [1.165, 1.54) is 0 Å². The largest absolute Gasteiger partial charge is 0.480 e. The van der Waals surface area contributed by atoms with Crippen LogP contribution in [0.15, 0.2) is 30.3 Å². The van der Waals surface area contributed by atoms with Crippen LogP contribution in [0.25, 0.3) is 0 Å². The number of likely N-dealkylation sites (N-methyl/N-ethyl adjacent to an activating group) is 1. The third kappa shape index (κ3) is 3.14. The van der Waals surface area contributed by atoms with Crippen LogP contribution in [0.1, 0.15) is 37.3 Å². The summed E-state index contributed by atoms with van der Waals surface area (Å²) in [5.41, 5.74) is 0.760. The molecule has 0 saturated heterocycles. The molecule has 0 spiro atoms. The first-order valence-corrected chi connectivity index (χ1v) is 6.79. The van der Waals surface area contributed by atoms with Gasteiger partial charge in [0.05, 0.1) is 6.10 Å². The summed E-state index contributed by atoms with van der Waals surface area (Å²) in [5, 5.41) is 19.6. The zero-order chi connectivity index (χ0) is 13.8. The molecule has 1 saturated carbocycles. The molecular formula is C15H21NO3. The minimum absolute atomic E-state index is 0.0740. The molecule has 104 valence electrons.